The second-order valence-corrected chi connectivity index (χ2v) is 13.8. The van der Waals surface area contributed by atoms with Crippen molar-refractivity contribution in [3.8, 4) is 17.6 Å². The van der Waals surface area contributed by atoms with Gasteiger partial charge >= 0.3 is 10.2 Å². The van der Waals surface area contributed by atoms with Gasteiger partial charge < -0.3 is 9.64 Å². The molecule has 0 radical (unpaired) electrons. The van der Waals surface area contributed by atoms with Crippen molar-refractivity contribution in [3.63, 3.8) is 0 Å². The summed E-state index contributed by atoms with van der Waals surface area (Å²) in [5, 5.41) is 0. The van der Waals surface area contributed by atoms with E-state index in [-0.39, 0.29) is 47.1 Å². The Morgan fingerprint density at radius 2 is 1.82 bits per heavy atom. The highest BCUT2D eigenvalue weighted by Crippen LogP contribution is 2.52. The van der Waals surface area contributed by atoms with Gasteiger partial charge in [0.25, 0.3) is 5.91 Å². The number of halogens is 1. The van der Waals surface area contributed by atoms with Gasteiger partial charge in [-0.1, -0.05) is 42.2 Å². The molecule has 2 aromatic rings. The number of hydrogen-bond acceptors (Lipinski definition) is 7. The molecule has 39 heavy (non-hydrogen) atoms. The van der Waals surface area contributed by atoms with Crippen LogP contribution < -0.4 is 13.8 Å². The molecule has 2 aromatic carbocycles. The first-order chi connectivity index (χ1) is 18.5. The van der Waals surface area contributed by atoms with E-state index in [4.69, 9.17) is 4.74 Å². The highest BCUT2D eigenvalue weighted by Gasteiger charge is 2.57. The van der Waals surface area contributed by atoms with Crippen LogP contribution >= 0.6 is 0 Å². The predicted molar refractivity (Wildman–Crippen MR) is 143 cm³/mol. The molecular weight excluding hydrogens is 547 g/mol. The Morgan fingerprint density at radius 1 is 1.13 bits per heavy atom. The molecule has 3 atom stereocenters. The standard InChI is InChI=1S/C26H29FN4O6S2/c1-29(2)12-13-38(33,34)30-14-21-20(22(21)15-30)10-8-19-9-11-23(37-17-18-6-4-3-5-7-18)26(25(19)27)31-16-24(32)28-39(31,35)36/h3-7,9,11,20-22H,12-17H2,1-2H3,(H,28,32)/t20?,21-,22+. The van der Waals surface area contributed by atoms with Crippen LogP contribution in [-0.4, -0.2) is 78.0 Å². The van der Waals surface area contributed by atoms with Gasteiger partial charge in [0.1, 0.15) is 24.6 Å². The number of amides is 1. The average Bonchev–Trinajstić information content (AvgIpc) is 3.17. The number of carbonyl (C=O) groups excluding carboxylic acids is 1. The Labute approximate surface area is 228 Å². The number of anilines is 1. The lowest BCUT2D eigenvalue weighted by atomic mass is 10.1. The van der Waals surface area contributed by atoms with Crippen molar-refractivity contribution in [1.82, 2.24) is 13.9 Å². The molecule has 10 nitrogen and oxygen atoms in total. The summed E-state index contributed by atoms with van der Waals surface area (Å²) in [6, 6.07) is 12.0. The Bertz CT molecular complexity index is 1540. The summed E-state index contributed by atoms with van der Waals surface area (Å²) >= 11 is 0. The highest BCUT2D eigenvalue weighted by atomic mass is 32.2. The van der Waals surface area contributed by atoms with Gasteiger partial charge in [-0.3, -0.25) is 4.79 Å². The molecule has 1 amide bonds. The second-order valence-electron chi connectivity index (χ2n) is 10.1. The maximum absolute atomic E-state index is 15.8. The van der Waals surface area contributed by atoms with Gasteiger partial charge in [0, 0.05) is 25.6 Å². The number of benzene rings is 2. The van der Waals surface area contributed by atoms with Crippen molar-refractivity contribution < 1.29 is 30.8 Å². The molecule has 5 rings (SSSR count). The largest absolute Gasteiger partial charge is 0.487 e. The zero-order valence-corrected chi connectivity index (χ0v) is 23.1. The average molecular weight is 577 g/mol. The summed E-state index contributed by atoms with van der Waals surface area (Å²) in [6.45, 7) is 0.701. The Balaban J connectivity index is 1.35. The fourth-order valence-corrected chi connectivity index (χ4v) is 7.70. The number of sulfonamides is 1. The number of carbonyl (C=O) groups is 1. The Morgan fingerprint density at radius 3 is 2.44 bits per heavy atom. The molecular formula is C26H29FN4O6S2. The molecule has 2 saturated heterocycles. The quantitative estimate of drug-likeness (QED) is 0.467. The molecule has 0 aromatic heterocycles. The van der Waals surface area contributed by atoms with Crippen LogP contribution in [0.25, 0.3) is 0 Å². The maximum Gasteiger partial charge on any atom is 0.326 e. The molecule has 0 bridgehead atoms. The molecule has 13 heteroatoms. The summed E-state index contributed by atoms with van der Waals surface area (Å²) < 4.78 is 75.8. The molecule has 2 heterocycles. The van der Waals surface area contributed by atoms with Gasteiger partial charge in [0.05, 0.1) is 11.3 Å². The van der Waals surface area contributed by atoms with Gasteiger partial charge in [-0.25, -0.2) is 26.1 Å². The zero-order chi connectivity index (χ0) is 27.9. The monoisotopic (exact) mass is 576 g/mol. The first-order valence-corrected chi connectivity index (χ1v) is 15.5. The molecule has 3 aliphatic rings. The molecule has 1 unspecified atom stereocenters. The van der Waals surface area contributed by atoms with Gasteiger partial charge in [-0.05, 0) is 43.6 Å². The summed E-state index contributed by atoms with van der Waals surface area (Å²) in [4.78, 5) is 13.7. The van der Waals surface area contributed by atoms with E-state index in [0.717, 1.165) is 5.56 Å². The van der Waals surface area contributed by atoms with Crippen LogP contribution in [0, 0.1) is 35.4 Å². The molecule has 208 valence electrons. The number of rotatable bonds is 8. The fourth-order valence-electron chi connectivity index (χ4n) is 4.89. The van der Waals surface area contributed by atoms with Gasteiger partial charge in [-0.15, -0.1) is 0 Å². The Hall–Kier alpha value is -3.18. The third-order valence-corrected chi connectivity index (χ3v) is 10.3. The number of nitrogens with zero attached hydrogens (tertiary/aromatic N) is 3. The fraction of sp³-hybridized carbons (Fsp3) is 0.423. The SMILES string of the molecule is CN(C)CCS(=O)(=O)N1C[C@@H]2C(C#Cc3ccc(OCc4ccccc4)c(N4CC(=O)NS4(=O)=O)c3F)[C@@H]2C1. The van der Waals surface area contributed by atoms with E-state index < -0.39 is 38.5 Å². The Kier molecular flexibility index (Phi) is 7.32. The van der Waals surface area contributed by atoms with Crippen LogP contribution in [0.15, 0.2) is 42.5 Å². The smallest absolute Gasteiger partial charge is 0.326 e. The van der Waals surface area contributed by atoms with E-state index >= 15 is 4.39 Å². The molecule has 2 aliphatic heterocycles. The lowest BCUT2D eigenvalue weighted by molar-refractivity contribution is -0.117. The minimum atomic E-state index is -4.30. The summed E-state index contributed by atoms with van der Waals surface area (Å²) in [5.41, 5.74) is 0.376. The van der Waals surface area contributed by atoms with E-state index in [0.29, 0.717) is 23.9 Å². The van der Waals surface area contributed by atoms with Crippen molar-refractivity contribution in [1.29, 1.82) is 0 Å². The summed E-state index contributed by atoms with van der Waals surface area (Å²) in [5.74, 6) is 4.30. The van der Waals surface area contributed by atoms with Crippen LogP contribution in [-0.2, 0) is 31.6 Å². The van der Waals surface area contributed by atoms with Crippen molar-refractivity contribution in [2.24, 2.45) is 17.8 Å². The highest BCUT2D eigenvalue weighted by molar-refractivity contribution is 7.92. The lowest BCUT2D eigenvalue weighted by Gasteiger charge is -2.20. The first-order valence-electron chi connectivity index (χ1n) is 12.4. The van der Waals surface area contributed by atoms with Crippen LogP contribution in [0.1, 0.15) is 11.1 Å². The predicted octanol–water partition coefficient (Wildman–Crippen LogP) is 1.01. The van der Waals surface area contributed by atoms with E-state index in [1.165, 1.54) is 16.4 Å². The van der Waals surface area contributed by atoms with E-state index in [9.17, 15) is 21.6 Å². The van der Waals surface area contributed by atoms with Gasteiger partial charge in [0.2, 0.25) is 10.0 Å². The zero-order valence-electron chi connectivity index (χ0n) is 21.5. The third-order valence-electron chi connectivity index (χ3n) is 7.11. The normalized spacial score (nSPS) is 23.7. The first kappa shape index (κ1) is 27.4. The van der Waals surface area contributed by atoms with Crippen LogP contribution in [0.2, 0.25) is 0 Å². The number of ether oxygens (including phenoxy) is 1. The number of hydrogen-bond donors (Lipinski definition) is 1. The molecule has 3 fully saturated rings. The van der Waals surface area contributed by atoms with Crippen molar-refractivity contribution in [2.75, 3.05) is 50.3 Å². The molecule has 1 aliphatic carbocycles. The van der Waals surface area contributed by atoms with Crippen molar-refractivity contribution >= 4 is 31.8 Å². The summed E-state index contributed by atoms with van der Waals surface area (Å²) in [7, 11) is -3.99. The minimum absolute atomic E-state index is 0.0351. The van der Waals surface area contributed by atoms with Crippen molar-refractivity contribution in [3.05, 3.63) is 59.4 Å². The number of piperidine rings is 1. The molecule has 1 N–H and O–H groups in total. The van der Waals surface area contributed by atoms with Gasteiger partial charge in [0.15, 0.2) is 5.82 Å². The number of fused-ring (bicyclic) bond motifs is 1. The topological polar surface area (TPSA) is 116 Å². The van der Waals surface area contributed by atoms with Crippen LogP contribution in [0.5, 0.6) is 5.75 Å². The van der Waals surface area contributed by atoms with Gasteiger partial charge in [-0.2, -0.15) is 8.42 Å². The lowest BCUT2D eigenvalue weighted by Crippen LogP contribution is -2.36. The second kappa shape index (κ2) is 10.4. The minimum Gasteiger partial charge on any atom is -0.487 e. The number of nitrogens with one attached hydrogen (secondary N) is 1. The van der Waals surface area contributed by atoms with Crippen molar-refractivity contribution in [2.45, 2.75) is 6.61 Å². The summed E-state index contributed by atoms with van der Waals surface area (Å²) in [6.07, 6.45) is 0. The van der Waals surface area contributed by atoms with Crippen LogP contribution in [0.3, 0.4) is 0 Å². The van der Waals surface area contributed by atoms with E-state index in [1.807, 2.05) is 54.0 Å². The molecule has 0 spiro atoms. The van der Waals surface area contributed by atoms with E-state index in [2.05, 4.69) is 11.8 Å². The van der Waals surface area contributed by atoms with Crippen LogP contribution in [0.4, 0.5) is 10.1 Å². The van der Waals surface area contributed by atoms with E-state index in [1.54, 1.807) is 0 Å². The third kappa shape index (κ3) is 5.74. The maximum atomic E-state index is 15.8. The molecule has 1 saturated carbocycles.